The first-order valence-corrected chi connectivity index (χ1v) is 5.79. The first-order valence-electron chi connectivity index (χ1n) is 3.01. The first-order chi connectivity index (χ1) is 5.31. The summed E-state index contributed by atoms with van der Waals surface area (Å²) >= 11 is 0.489. The fraction of sp³-hybridized carbons (Fsp3) is 0.600. The molecule has 0 fully saturated rings. The predicted octanol–water partition coefficient (Wildman–Crippen LogP) is 0.360. The van der Waals surface area contributed by atoms with Crippen LogP contribution < -0.4 is 0 Å². The molecule has 0 aliphatic heterocycles. The molecule has 0 aromatic rings. The molecule has 7 heteroatoms. The van der Waals surface area contributed by atoms with Gasteiger partial charge in [-0.2, -0.15) is 0 Å². The summed E-state index contributed by atoms with van der Waals surface area (Å²) in [4.78, 5) is 37.8. The second-order valence-corrected chi connectivity index (χ2v) is 5.30. The summed E-state index contributed by atoms with van der Waals surface area (Å²) in [6, 6.07) is 0. The zero-order valence-electron chi connectivity index (χ0n) is 6.39. The van der Waals surface area contributed by atoms with Gasteiger partial charge in [-0.05, 0) is 6.92 Å². The van der Waals surface area contributed by atoms with E-state index in [1.54, 1.807) is 0 Å². The largest absolute Gasteiger partial charge is 0.335 e. The molecule has 0 amide bonds. The number of hydrogen-bond acceptors (Lipinski definition) is 4. The van der Waals surface area contributed by atoms with Gasteiger partial charge in [0.25, 0.3) is 0 Å². The summed E-state index contributed by atoms with van der Waals surface area (Å²) in [6.07, 6.45) is -0.273. The molecule has 0 aromatic carbocycles. The molecule has 0 saturated heterocycles. The monoisotopic (exact) mass is 212 g/mol. The molecule has 0 aromatic heterocycles. The van der Waals surface area contributed by atoms with Crippen LogP contribution in [0.2, 0.25) is 0 Å². The molecular weight excluding hydrogens is 203 g/mol. The molecule has 0 unspecified atom stereocenters. The third-order valence-electron chi connectivity index (χ3n) is 0.787. The Labute approximate surface area is 73.7 Å². The Morgan fingerprint density at radius 1 is 1.42 bits per heavy atom. The van der Waals surface area contributed by atoms with Gasteiger partial charge in [0.15, 0.2) is 5.12 Å². The second kappa shape index (κ2) is 4.77. The van der Waals surface area contributed by atoms with Gasteiger partial charge in [-0.3, -0.25) is 14.2 Å². The van der Waals surface area contributed by atoms with Crippen molar-refractivity contribution in [2.75, 3.05) is 5.49 Å². The minimum Gasteiger partial charge on any atom is -0.324 e. The van der Waals surface area contributed by atoms with Crippen molar-refractivity contribution < 1.29 is 23.9 Å². The van der Waals surface area contributed by atoms with Crippen LogP contribution >= 0.6 is 19.4 Å². The van der Waals surface area contributed by atoms with Gasteiger partial charge in [-0.1, -0.05) is 11.8 Å². The first kappa shape index (κ1) is 11.8. The van der Waals surface area contributed by atoms with Crippen molar-refractivity contribution in [1.82, 2.24) is 0 Å². The van der Waals surface area contributed by atoms with Crippen molar-refractivity contribution in [1.29, 1.82) is 0 Å². The van der Waals surface area contributed by atoms with E-state index in [1.165, 1.54) is 6.92 Å². The van der Waals surface area contributed by atoms with Gasteiger partial charge in [-0.15, -0.1) is 0 Å². The van der Waals surface area contributed by atoms with E-state index in [1.807, 2.05) is 0 Å². The molecule has 0 aliphatic carbocycles. The molecule has 0 radical (unpaired) electrons. The Kier molecular flexibility index (Phi) is 4.70. The van der Waals surface area contributed by atoms with Crippen LogP contribution in [0.5, 0.6) is 0 Å². The summed E-state index contributed by atoms with van der Waals surface area (Å²) in [5.41, 5.74) is -0.556. The molecule has 5 nitrogen and oxygen atoms in total. The lowest BCUT2D eigenvalue weighted by atomic mass is 10.3. The number of carbonyl (C=O) groups excluding carboxylic acids is 2. The third-order valence-corrected chi connectivity index (χ3v) is 3.12. The van der Waals surface area contributed by atoms with Crippen LogP contribution in [-0.2, 0) is 14.2 Å². The normalized spacial score (nSPS) is 11.2. The lowest BCUT2D eigenvalue weighted by molar-refractivity contribution is -0.121. The van der Waals surface area contributed by atoms with E-state index in [9.17, 15) is 14.2 Å². The van der Waals surface area contributed by atoms with Crippen LogP contribution in [0, 0.1) is 0 Å². The quantitative estimate of drug-likeness (QED) is 0.516. The van der Waals surface area contributed by atoms with E-state index < -0.39 is 18.2 Å². The Balaban J connectivity index is 3.73. The molecule has 0 bridgehead atoms. The molecule has 0 saturated carbocycles. The average molecular weight is 212 g/mol. The Bertz CT molecular complexity index is 232. The Morgan fingerprint density at radius 3 is 2.25 bits per heavy atom. The topological polar surface area (TPSA) is 91.7 Å². The minimum atomic E-state index is -4.13. The van der Waals surface area contributed by atoms with Crippen LogP contribution in [0.15, 0.2) is 0 Å². The van der Waals surface area contributed by atoms with Crippen molar-refractivity contribution in [3.8, 4) is 0 Å². The smallest absolute Gasteiger partial charge is 0.324 e. The molecule has 0 rings (SSSR count). The second-order valence-electron chi connectivity index (χ2n) is 2.19. The number of thioether (sulfide) groups is 1. The van der Waals surface area contributed by atoms with Crippen molar-refractivity contribution in [3.63, 3.8) is 0 Å². The zero-order valence-corrected chi connectivity index (χ0v) is 8.10. The van der Waals surface area contributed by atoms with Gasteiger partial charge >= 0.3 is 7.60 Å². The number of Topliss-reactive ketones (excluding diaryl/α,β-unsaturated/α-hetero) is 1. The molecule has 0 aliphatic rings. The summed E-state index contributed by atoms with van der Waals surface area (Å²) in [5.74, 6) is -0.307. The average Bonchev–Trinajstić information content (AvgIpc) is 1.80. The van der Waals surface area contributed by atoms with Crippen molar-refractivity contribution in [2.45, 2.75) is 13.3 Å². The van der Waals surface area contributed by atoms with Crippen LogP contribution in [0.1, 0.15) is 13.3 Å². The zero-order chi connectivity index (χ0) is 9.78. The van der Waals surface area contributed by atoms with E-state index >= 15 is 0 Å². The fourth-order valence-corrected chi connectivity index (χ4v) is 1.96. The highest BCUT2D eigenvalue weighted by Gasteiger charge is 2.16. The van der Waals surface area contributed by atoms with Crippen molar-refractivity contribution >= 4 is 30.3 Å². The van der Waals surface area contributed by atoms with Crippen LogP contribution in [0.25, 0.3) is 0 Å². The number of carbonyl (C=O) groups is 2. The van der Waals surface area contributed by atoms with Crippen LogP contribution in [0.4, 0.5) is 0 Å². The molecule has 12 heavy (non-hydrogen) atoms. The molecule has 0 heterocycles. The van der Waals surface area contributed by atoms with Gasteiger partial charge in [0, 0.05) is 0 Å². The van der Waals surface area contributed by atoms with E-state index in [4.69, 9.17) is 9.79 Å². The van der Waals surface area contributed by atoms with Gasteiger partial charge in [-0.25, -0.2) is 0 Å². The minimum absolute atomic E-state index is 0.273. The Hall–Kier alpha value is -0.160. The summed E-state index contributed by atoms with van der Waals surface area (Å²) in [6.45, 7) is 1.25. The molecular formula is C5H9O5PS. The maximum absolute atomic E-state index is 10.7. The molecule has 0 spiro atoms. The number of ketones is 1. The predicted molar refractivity (Wildman–Crippen MR) is 44.8 cm³/mol. The van der Waals surface area contributed by atoms with E-state index in [0.29, 0.717) is 11.8 Å². The van der Waals surface area contributed by atoms with Gasteiger partial charge < -0.3 is 9.79 Å². The van der Waals surface area contributed by atoms with Crippen molar-refractivity contribution in [2.24, 2.45) is 0 Å². The van der Waals surface area contributed by atoms with Crippen molar-refractivity contribution in [3.05, 3.63) is 0 Å². The lowest BCUT2D eigenvalue weighted by Crippen LogP contribution is -2.00. The van der Waals surface area contributed by atoms with Gasteiger partial charge in [0.2, 0.25) is 0 Å². The standard InChI is InChI=1S/C5H9O5PS/c1-4(6)2-5(7)12-3-11(8,9)10/h2-3H2,1H3,(H2,8,9,10). The summed E-state index contributed by atoms with van der Waals surface area (Å²) in [7, 11) is -4.13. The van der Waals surface area contributed by atoms with Gasteiger partial charge in [0.1, 0.15) is 11.3 Å². The van der Waals surface area contributed by atoms with Gasteiger partial charge in [0.05, 0.1) is 6.42 Å². The molecule has 2 N–H and O–H groups in total. The van der Waals surface area contributed by atoms with E-state index in [0.717, 1.165) is 0 Å². The summed E-state index contributed by atoms with van der Waals surface area (Å²) < 4.78 is 10.3. The van der Waals surface area contributed by atoms with E-state index in [-0.39, 0.29) is 12.2 Å². The maximum Gasteiger partial charge on any atom is 0.335 e. The highest BCUT2D eigenvalue weighted by atomic mass is 32.2. The Morgan fingerprint density at radius 2 is 1.92 bits per heavy atom. The third kappa shape index (κ3) is 7.94. The number of rotatable bonds is 4. The highest BCUT2D eigenvalue weighted by molar-refractivity contribution is 8.17. The van der Waals surface area contributed by atoms with Crippen LogP contribution in [-0.4, -0.2) is 26.2 Å². The molecule has 70 valence electrons. The number of hydrogen-bond donors (Lipinski definition) is 2. The highest BCUT2D eigenvalue weighted by Crippen LogP contribution is 2.38. The fourth-order valence-electron chi connectivity index (χ4n) is 0.410. The van der Waals surface area contributed by atoms with E-state index in [2.05, 4.69) is 0 Å². The lowest BCUT2D eigenvalue weighted by Gasteiger charge is -2.00. The summed E-state index contributed by atoms with van der Waals surface area (Å²) in [5, 5.41) is -0.508. The maximum atomic E-state index is 10.7. The molecule has 0 atom stereocenters. The van der Waals surface area contributed by atoms with Crippen LogP contribution in [0.3, 0.4) is 0 Å². The SMILES string of the molecule is CC(=O)CC(=O)SCP(=O)(O)O.